The first-order chi connectivity index (χ1) is 15.3. The number of aryl methyl sites for hydroxylation is 2. The third kappa shape index (κ3) is 4.00. The van der Waals surface area contributed by atoms with Crippen molar-refractivity contribution in [1.29, 1.82) is 0 Å². The Hall–Kier alpha value is -3.18. The van der Waals surface area contributed by atoms with Gasteiger partial charge in [0.1, 0.15) is 11.6 Å². The summed E-state index contributed by atoms with van der Waals surface area (Å²) < 4.78 is 17.7. The van der Waals surface area contributed by atoms with Crippen LogP contribution in [0.4, 0.5) is 4.39 Å². The van der Waals surface area contributed by atoms with Crippen LogP contribution in [0, 0.1) is 12.7 Å². The standard InChI is InChI=1S/C26H26ClFN2O2/c1-5-18(19-6-8-22-20(14-19)11-12-29(22)4)15-23-16(2)10-13-30(23)32-17(3)25-24(31)9-7-21(28)26(25)27/h6-15,17,31H,5H2,1-4H3/b18-15+. The highest BCUT2D eigenvalue weighted by atomic mass is 35.5. The van der Waals surface area contributed by atoms with Crippen LogP contribution in [-0.2, 0) is 7.05 Å². The van der Waals surface area contributed by atoms with E-state index in [2.05, 4.69) is 48.0 Å². The van der Waals surface area contributed by atoms with Crippen molar-refractivity contribution in [3.05, 3.63) is 88.1 Å². The number of hydrogen-bond donors (Lipinski definition) is 1. The summed E-state index contributed by atoms with van der Waals surface area (Å²) >= 11 is 6.10. The average molecular weight is 453 g/mol. The molecule has 2 aromatic heterocycles. The van der Waals surface area contributed by atoms with Gasteiger partial charge in [-0.3, -0.25) is 0 Å². The zero-order valence-electron chi connectivity index (χ0n) is 18.6. The number of benzene rings is 2. The van der Waals surface area contributed by atoms with Gasteiger partial charge in [-0.2, -0.15) is 4.73 Å². The molecule has 6 heteroatoms. The molecule has 166 valence electrons. The molecule has 1 N–H and O–H groups in total. The Balaban J connectivity index is 1.70. The van der Waals surface area contributed by atoms with E-state index in [4.69, 9.17) is 16.4 Å². The second kappa shape index (κ2) is 8.75. The second-order valence-corrected chi connectivity index (χ2v) is 8.35. The molecule has 0 amide bonds. The minimum Gasteiger partial charge on any atom is -0.507 e. The van der Waals surface area contributed by atoms with Crippen LogP contribution in [0.25, 0.3) is 22.6 Å². The molecule has 1 atom stereocenters. The number of aromatic hydroxyl groups is 1. The third-order valence-corrected chi connectivity index (χ3v) is 6.22. The minimum absolute atomic E-state index is 0.102. The lowest BCUT2D eigenvalue weighted by Gasteiger charge is -2.19. The zero-order chi connectivity index (χ0) is 23.0. The monoisotopic (exact) mass is 452 g/mol. The van der Waals surface area contributed by atoms with E-state index in [0.717, 1.165) is 29.3 Å². The van der Waals surface area contributed by atoms with Gasteiger partial charge in [-0.05, 0) is 79.4 Å². The van der Waals surface area contributed by atoms with Gasteiger partial charge in [0.05, 0.1) is 16.3 Å². The van der Waals surface area contributed by atoms with Gasteiger partial charge in [0.25, 0.3) is 0 Å². The predicted octanol–water partition coefficient (Wildman–Crippen LogP) is 6.93. The van der Waals surface area contributed by atoms with E-state index in [0.29, 0.717) is 0 Å². The number of phenolic OH excluding ortho intramolecular Hbond substituents is 1. The Morgan fingerprint density at radius 1 is 1.19 bits per heavy atom. The first kappa shape index (κ1) is 22.0. The van der Waals surface area contributed by atoms with Crippen molar-refractivity contribution in [2.24, 2.45) is 7.05 Å². The summed E-state index contributed by atoms with van der Waals surface area (Å²) in [5.41, 5.74) is 5.65. The average Bonchev–Trinajstić information content (AvgIpc) is 3.31. The summed E-state index contributed by atoms with van der Waals surface area (Å²) in [4.78, 5) is 6.08. The van der Waals surface area contributed by atoms with Gasteiger partial charge in [0.15, 0.2) is 6.10 Å². The van der Waals surface area contributed by atoms with Crippen LogP contribution in [0.15, 0.2) is 54.9 Å². The SMILES string of the molecule is CC/C(=C\c1c(C)ccn1OC(C)c1c(O)ccc(F)c1Cl)c1ccc2c(ccn2C)c1. The summed E-state index contributed by atoms with van der Waals surface area (Å²) in [7, 11) is 2.04. The quantitative estimate of drug-likeness (QED) is 0.344. The Morgan fingerprint density at radius 3 is 2.72 bits per heavy atom. The van der Waals surface area contributed by atoms with E-state index in [9.17, 15) is 9.50 Å². The van der Waals surface area contributed by atoms with Crippen molar-refractivity contribution in [2.45, 2.75) is 33.3 Å². The smallest absolute Gasteiger partial charge is 0.152 e. The molecule has 0 saturated carbocycles. The first-order valence-electron chi connectivity index (χ1n) is 10.6. The highest BCUT2D eigenvalue weighted by Crippen LogP contribution is 2.34. The van der Waals surface area contributed by atoms with Crippen molar-refractivity contribution in [2.75, 3.05) is 0 Å². The van der Waals surface area contributed by atoms with Gasteiger partial charge in [-0.1, -0.05) is 24.6 Å². The van der Waals surface area contributed by atoms with Crippen LogP contribution in [0.3, 0.4) is 0 Å². The van der Waals surface area contributed by atoms with E-state index in [1.54, 1.807) is 11.7 Å². The van der Waals surface area contributed by atoms with Crippen LogP contribution in [0.1, 0.15) is 48.8 Å². The lowest BCUT2D eigenvalue weighted by atomic mass is 10.00. The fourth-order valence-electron chi connectivity index (χ4n) is 3.99. The summed E-state index contributed by atoms with van der Waals surface area (Å²) in [5.74, 6) is -0.696. The lowest BCUT2D eigenvalue weighted by molar-refractivity contribution is 0.0456. The number of phenols is 1. The molecule has 0 bridgehead atoms. The summed E-state index contributed by atoms with van der Waals surface area (Å²) in [6.07, 6.45) is 6.16. The topological polar surface area (TPSA) is 39.3 Å². The highest BCUT2D eigenvalue weighted by molar-refractivity contribution is 6.31. The molecule has 2 heterocycles. The van der Waals surface area contributed by atoms with Crippen LogP contribution in [0.2, 0.25) is 5.02 Å². The molecule has 4 rings (SSSR count). The molecule has 0 aliphatic rings. The van der Waals surface area contributed by atoms with Crippen LogP contribution >= 0.6 is 11.6 Å². The minimum atomic E-state index is -0.664. The van der Waals surface area contributed by atoms with Crippen molar-refractivity contribution >= 4 is 34.2 Å². The summed E-state index contributed by atoms with van der Waals surface area (Å²) in [6, 6.07) is 13.0. The molecule has 4 nitrogen and oxygen atoms in total. The summed E-state index contributed by atoms with van der Waals surface area (Å²) in [6.45, 7) is 5.86. The van der Waals surface area contributed by atoms with Crippen molar-refractivity contribution in [3.8, 4) is 5.75 Å². The van der Waals surface area contributed by atoms with Crippen molar-refractivity contribution in [1.82, 2.24) is 9.30 Å². The van der Waals surface area contributed by atoms with Crippen LogP contribution in [0.5, 0.6) is 5.75 Å². The molecule has 2 aromatic carbocycles. The molecular weight excluding hydrogens is 427 g/mol. The molecule has 32 heavy (non-hydrogen) atoms. The molecule has 1 unspecified atom stereocenters. The number of hydrogen-bond acceptors (Lipinski definition) is 2. The molecule has 0 fully saturated rings. The lowest BCUT2D eigenvalue weighted by Crippen LogP contribution is -2.17. The highest BCUT2D eigenvalue weighted by Gasteiger charge is 2.20. The second-order valence-electron chi connectivity index (χ2n) is 7.97. The molecule has 0 radical (unpaired) electrons. The Morgan fingerprint density at radius 2 is 1.97 bits per heavy atom. The molecule has 0 aliphatic heterocycles. The predicted molar refractivity (Wildman–Crippen MR) is 128 cm³/mol. The Bertz CT molecular complexity index is 1320. The number of fused-ring (bicyclic) bond motifs is 1. The van der Waals surface area contributed by atoms with E-state index >= 15 is 0 Å². The fourth-order valence-corrected chi connectivity index (χ4v) is 4.30. The molecule has 0 aliphatic carbocycles. The van der Waals surface area contributed by atoms with Crippen LogP contribution in [-0.4, -0.2) is 14.4 Å². The number of nitrogens with zero attached hydrogens (tertiary/aromatic N) is 2. The number of halogens is 2. The maximum atomic E-state index is 13.9. The zero-order valence-corrected chi connectivity index (χ0v) is 19.3. The maximum absolute atomic E-state index is 13.9. The van der Waals surface area contributed by atoms with Gasteiger partial charge in [-0.25, -0.2) is 4.39 Å². The number of allylic oxidation sites excluding steroid dienone is 1. The maximum Gasteiger partial charge on any atom is 0.152 e. The Labute approximate surface area is 192 Å². The third-order valence-electron chi connectivity index (χ3n) is 5.84. The first-order valence-corrected chi connectivity index (χ1v) is 11.0. The number of rotatable bonds is 6. The van der Waals surface area contributed by atoms with Crippen molar-refractivity contribution in [3.63, 3.8) is 0 Å². The normalized spacial score (nSPS) is 13.0. The van der Waals surface area contributed by atoms with Gasteiger partial charge in [0.2, 0.25) is 0 Å². The van der Waals surface area contributed by atoms with Crippen molar-refractivity contribution < 1.29 is 14.3 Å². The molecule has 0 saturated heterocycles. The number of aromatic nitrogens is 2. The van der Waals surface area contributed by atoms with E-state index < -0.39 is 11.9 Å². The molecule has 0 spiro atoms. The molecular formula is C26H26ClFN2O2. The Kier molecular flexibility index (Phi) is 6.02. The van der Waals surface area contributed by atoms with E-state index in [1.807, 2.05) is 26.2 Å². The van der Waals surface area contributed by atoms with Crippen LogP contribution < -0.4 is 4.84 Å². The van der Waals surface area contributed by atoms with E-state index in [1.165, 1.54) is 22.5 Å². The van der Waals surface area contributed by atoms with Gasteiger partial charge >= 0.3 is 0 Å². The summed E-state index contributed by atoms with van der Waals surface area (Å²) in [5, 5.41) is 11.3. The van der Waals surface area contributed by atoms with E-state index in [-0.39, 0.29) is 16.3 Å². The largest absolute Gasteiger partial charge is 0.507 e. The van der Waals surface area contributed by atoms with Gasteiger partial charge < -0.3 is 14.5 Å². The van der Waals surface area contributed by atoms with Gasteiger partial charge in [-0.15, -0.1) is 0 Å². The van der Waals surface area contributed by atoms with Gasteiger partial charge in [0, 0.05) is 30.3 Å². The molecule has 4 aromatic rings. The fraction of sp³-hybridized carbons (Fsp3) is 0.231.